The average molecular weight is 262 g/mol. The van der Waals surface area contributed by atoms with Gasteiger partial charge < -0.3 is 0 Å². The van der Waals surface area contributed by atoms with Crippen LogP contribution in [-0.2, 0) is 6.42 Å². The number of hydrogen-bond donors (Lipinski definition) is 0. The van der Waals surface area contributed by atoms with Gasteiger partial charge in [0.1, 0.15) is 10.8 Å². The van der Waals surface area contributed by atoms with Gasteiger partial charge in [0.25, 0.3) is 0 Å². The summed E-state index contributed by atoms with van der Waals surface area (Å²) >= 11 is 6.18. The second kappa shape index (κ2) is 6.45. The lowest BCUT2D eigenvalue weighted by atomic mass is 10.1. The van der Waals surface area contributed by atoms with Gasteiger partial charge in [0.2, 0.25) is 0 Å². The third-order valence-electron chi connectivity index (χ3n) is 2.76. The first-order valence-electron chi connectivity index (χ1n) is 6.24. The molecule has 0 bridgehead atoms. The Kier molecular flexibility index (Phi) is 4.65. The molecule has 0 atom stereocenters. The van der Waals surface area contributed by atoms with E-state index in [1.165, 1.54) is 12.8 Å². The van der Waals surface area contributed by atoms with Crippen molar-refractivity contribution in [1.29, 1.82) is 0 Å². The number of pyridine rings is 1. The monoisotopic (exact) mass is 261 g/mol. The van der Waals surface area contributed by atoms with Crippen LogP contribution in [0.5, 0.6) is 0 Å². The summed E-state index contributed by atoms with van der Waals surface area (Å²) in [4.78, 5) is 12.9. The lowest BCUT2D eigenvalue weighted by Crippen LogP contribution is -1.96. The molecule has 2 heterocycles. The highest BCUT2D eigenvalue weighted by Crippen LogP contribution is 2.19. The summed E-state index contributed by atoms with van der Waals surface area (Å²) in [6.45, 7) is 2.18. The molecule has 0 amide bonds. The number of halogens is 1. The first kappa shape index (κ1) is 13.0. The van der Waals surface area contributed by atoms with Crippen LogP contribution < -0.4 is 0 Å². The minimum Gasteiger partial charge on any atom is -0.253 e. The summed E-state index contributed by atoms with van der Waals surface area (Å²) in [5, 5.41) is 0.543. The second-order valence-corrected chi connectivity index (χ2v) is 4.54. The Hall–Kier alpha value is -1.48. The largest absolute Gasteiger partial charge is 0.253 e. The topological polar surface area (TPSA) is 38.7 Å². The van der Waals surface area contributed by atoms with Crippen molar-refractivity contribution in [2.45, 2.75) is 32.6 Å². The van der Waals surface area contributed by atoms with E-state index in [-0.39, 0.29) is 0 Å². The molecule has 2 aromatic rings. The Labute approximate surface area is 112 Å². The predicted octanol–water partition coefficient (Wildman–Crippen LogP) is 3.92. The van der Waals surface area contributed by atoms with Crippen molar-refractivity contribution in [1.82, 2.24) is 15.0 Å². The summed E-state index contributed by atoms with van der Waals surface area (Å²) in [5.41, 5.74) is 1.77. The molecule has 0 fully saturated rings. The van der Waals surface area contributed by atoms with Gasteiger partial charge in [-0.2, -0.15) is 0 Å². The third kappa shape index (κ3) is 3.26. The van der Waals surface area contributed by atoms with Gasteiger partial charge >= 0.3 is 0 Å². The number of aromatic nitrogens is 3. The SMILES string of the molecule is CCCCCc1cnc(-c2ccccn2)nc1Cl. The fourth-order valence-corrected chi connectivity index (χ4v) is 1.96. The Morgan fingerprint density at radius 1 is 1.17 bits per heavy atom. The molecule has 4 heteroatoms. The Morgan fingerprint density at radius 3 is 2.72 bits per heavy atom. The molecule has 0 aromatic carbocycles. The van der Waals surface area contributed by atoms with Gasteiger partial charge in [0.05, 0.1) is 0 Å². The maximum absolute atomic E-state index is 6.18. The van der Waals surface area contributed by atoms with E-state index in [1.807, 2.05) is 24.4 Å². The fraction of sp³-hybridized carbons (Fsp3) is 0.357. The molecule has 2 aromatic heterocycles. The zero-order valence-electron chi connectivity index (χ0n) is 10.4. The molecule has 0 radical (unpaired) electrons. The molecule has 0 saturated carbocycles. The lowest BCUT2D eigenvalue weighted by molar-refractivity contribution is 0.714. The highest BCUT2D eigenvalue weighted by molar-refractivity contribution is 6.30. The minimum absolute atomic E-state index is 0.543. The number of rotatable bonds is 5. The van der Waals surface area contributed by atoms with Crippen LogP contribution in [0.4, 0.5) is 0 Å². The van der Waals surface area contributed by atoms with Crippen LogP contribution in [-0.4, -0.2) is 15.0 Å². The molecular formula is C14H16ClN3. The normalized spacial score (nSPS) is 10.6. The van der Waals surface area contributed by atoms with E-state index >= 15 is 0 Å². The van der Waals surface area contributed by atoms with Crippen LogP contribution in [0.2, 0.25) is 5.15 Å². The van der Waals surface area contributed by atoms with Crippen molar-refractivity contribution in [3.8, 4) is 11.5 Å². The van der Waals surface area contributed by atoms with Crippen molar-refractivity contribution < 1.29 is 0 Å². The van der Waals surface area contributed by atoms with Gasteiger partial charge in [-0.25, -0.2) is 9.97 Å². The van der Waals surface area contributed by atoms with Gasteiger partial charge in [0.15, 0.2) is 5.82 Å². The van der Waals surface area contributed by atoms with Gasteiger partial charge in [0, 0.05) is 18.0 Å². The molecule has 2 rings (SSSR count). The van der Waals surface area contributed by atoms with Crippen LogP contribution in [0.25, 0.3) is 11.5 Å². The van der Waals surface area contributed by atoms with Crippen molar-refractivity contribution in [3.63, 3.8) is 0 Å². The molecule has 0 aliphatic carbocycles. The average Bonchev–Trinajstić information content (AvgIpc) is 2.42. The number of unbranched alkanes of at least 4 members (excludes halogenated alkanes) is 2. The number of nitrogens with zero attached hydrogens (tertiary/aromatic N) is 3. The maximum atomic E-state index is 6.18. The van der Waals surface area contributed by atoms with Gasteiger partial charge in [-0.1, -0.05) is 37.4 Å². The first-order chi connectivity index (χ1) is 8.81. The van der Waals surface area contributed by atoms with E-state index in [1.54, 1.807) is 6.20 Å². The Balaban J connectivity index is 2.15. The molecule has 0 saturated heterocycles. The highest BCUT2D eigenvalue weighted by Gasteiger charge is 2.07. The van der Waals surface area contributed by atoms with Crippen LogP contribution in [0.15, 0.2) is 30.6 Å². The highest BCUT2D eigenvalue weighted by atomic mass is 35.5. The maximum Gasteiger partial charge on any atom is 0.179 e. The lowest BCUT2D eigenvalue weighted by Gasteiger charge is -2.04. The molecule has 0 spiro atoms. The van der Waals surface area contributed by atoms with Crippen LogP contribution in [0.1, 0.15) is 31.7 Å². The predicted molar refractivity (Wildman–Crippen MR) is 73.5 cm³/mol. The molecule has 0 N–H and O–H groups in total. The minimum atomic E-state index is 0.543. The van der Waals surface area contributed by atoms with Crippen LogP contribution in [0.3, 0.4) is 0 Å². The first-order valence-corrected chi connectivity index (χ1v) is 6.62. The van der Waals surface area contributed by atoms with Gasteiger partial charge in [-0.15, -0.1) is 0 Å². The summed E-state index contributed by atoms with van der Waals surface area (Å²) in [6.07, 6.45) is 8.01. The van der Waals surface area contributed by atoms with E-state index in [0.29, 0.717) is 11.0 Å². The van der Waals surface area contributed by atoms with Crippen LogP contribution in [0, 0.1) is 0 Å². The molecule has 94 valence electrons. The smallest absolute Gasteiger partial charge is 0.179 e. The Morgan fingerprint density at radius 2 is 2.06 bits per heavy atom. The van der Waals surface area contributed by atoms with E-state index in [2.05, 4.69) is 21.9 Å². The van der Waals surface area contributed by atoms with Crippen LogP contribution >= 0.6 is 11.6 Å². The molecular weight excluding hydrogens is 246 g/mol. The summed E-state index contributed by atoms with van der Waals surface area (Å²) < 4.78 is 0. The van der Waals surface area contributed by atoms with E-state index in [4.69, 9.17) is 11.6 Å². The van der Waals surface area contributed by atoms with Crippen molar-refractivity contribution in [2.24, 2.45) is 0 Å². The quantitative estimate of drug-likeness (QED) is 0.605. The van der Waals surface area contributed by atoms with Crippen molar-refractivity contribution in [3.05, 3.63) is 41.3 Å². The molecule has 0 unspecified atom stereocenters. The summed E-state index contributed by atoms with van der Waals surface area (Å²) in [6, 6.07) is 5.65. The van der Waals surface area contributed by atoms with Crippen molar-refractivity contribution in [2.75, 3.05) is 0 Å². The molecule has 3 nitrogen and oxygen atoms in total. The zero-order chi connectivity index (χ0) is 12.8. The molecule has 0 aliphatic heterocycles. The van der Waals surface area contributed by atoms with Crippen molar-refractivity contribution >= 4 is 11.6 Å². The third-order valence-corrected chi connectivity index (χ3v) is 3.08. The van der Waals surface area contributed by atoms with E-state index in [9.17, 15) is 0 Å². The summed E-state index contributed by atoms with van der Waals surface area (Å²) in [5.74, 6) is 0.583. The molecule has 0 aliphatic rings. The molecule has 18 heavy (non-hydrogen) atoms. The zero-order valence-corrected chi connectivity index (χ0v) is 11.2. The van der Waals surface area contributed by atoms with Gasteiger partial charge in [-0.3, -0.25) is 4.98 Å². The fourth-order valence-electron chi connectivity index (χ4n) is 1.74. The van der Waals surface area contributed by atoms with E-state index < -0.39 is 0 Å². The number of aryl methyl sites for hydroxylation is 1. The standard InChI is InChI=1S/C14H16ClN3/c1-2-3-4-7-11-10-17-14(18-13(11)15)12-8-5-6-9-16-12/h5-6,8-10H,2-4,7H2,1H3. The second-order valence-electron chi connectivity index (χ2n) is 4.18. The van der Waals surface area contributed by atoms with Gasteiger partial charge in [-0.05, 0) is 25.0 Å². The number of hydrogen-bond acceptors (Lipinski definition) is 3. The Bertz CT molecular complexity index is 500. The van der Waals surface area contributed by atoms with E-state index in [0.717, 1.165) is 24.1 Å². The summed E-state index contributed by atoms with van der Waals surface area (Å²) in [7, 11) is 0.